The first kappa shape index (κ1) is 16.4. The number of rotatable bonds is 5. The van der Waals surface area contributed by atoms with Crippen LogP contribution in [-0.2, 0) is 6.54 Å². The van der Waals surface area contributed by atoms with Gasteiger partial charge in [0, 0.05) is 17.1 Å². The number of likely N-dealkylation sites (tertiary alicyclic amines) is 1. The van der Waals surface area contributed by atoms with Crippen LogP contribution in [0.1, 0.15) is 25.3 Å². The number of hydrogen-bond acceptors (Lipinski definition) is 2. The zero-order valence-corrected chi connectivity index (χ0v) is 14.0. The highest BCUT2D eigenvalue weighted by Gasteiger charge is 2.18. The zero-order chi connectivity index (χ0) is 14.5. The van der Waals surface area contributed by atoms with Gasteiger partial charge in [-0.25, -0.2) is 0 Å². The van der Waals surface area contributed by atoms with Crippen molar-refractivity contribution in [1.82, 2.24) is 10.2 Å². The third-order valence-corrected chi connectivity index (χ3v) is 5.23. The first-order chi connectivity index (χ1) is 9.61. The number of halogens is 3. The molecule has 5 heteroatoms. The Balaban J connectivity index is 1.81. The van der Waals surface area contributed by atoms with Crippen molar-refractivity contribution in [1.29, 1.82) is 0 Å². The maximum Gasteiger partial charge on any atom is 0.0652 e. The van der Waals surface area contributed by atoms with Crippen LogP contribution in [0.2, 0.25) is 15.1 Å². The monoisotopic (exact) mass is 334 g/mol. The van der Waals surface area contributed by atoms with Crippen LogP contribution in [0.3, 0.4) is 0 Å². The summed E-state index contributed by atoms with van der Waals surface area (Å²) in [6.07, 6.45) is 2.52. The summed E-state index contributed by atoms with van der Waals surface area (Å²) in [5.41, 5.74) is 0.895. The second-order valence-electron chi connectivity index (χ2n) is 5.33. The van der Waals surface area contributed by atoms with Crippen LogP contribution in [0.4, 0.5) is 0 Å². The van der Waals surface area contributed by atoms with Crippen molar-refractivity contribution in [3.05, 3.63) is 32.8 Å². The summed E-state index contributed by atoms with van der Waals surface area (Å²) in [4.78, 5) is 2.50. The minimum atomic E-state index is 0.559. The first-order valence-electron chi connectivity index (χ1n) is 7.17. The summed E-state index contributed by atoms with van der Waals surface area (Å²) in [5.74, 6) is 0.745. The highest BCUT2D eigenvalue weighted by molar-refractivity contribution is 6.44. The average Bonchev–Trinajstić information content (AvgIpc) is 2.47. The van der Waals surface area contributed by atoms with Gasteiger partial charge in [0.25, 0.3) is 0 Å². The van der Waals surface area contributed by atoms with E-state index in [0.717, 1.165) is 24.6 Å². The lowest BCUT2D eigenvalue weighted by Gasteiger charge is -2.31. The molecule has 1 aromatic rings. The van der Waals surface area contributed by atoms with Gasteiger partial charge in [-0.15, -0.1) is 0 Å². The maximum absolute atomic E-state index is 6.19. The van der Waals surface area contributed by atoms with E-state index in [4.69, 9.17) is 34.8 Å². The molecule has 0 aliphatic carbocycles. The van der Waals surface area contributed by atoms with E-state index in [2.05, 4.69) is 17.1 Å². The predicted molar refractivity (Wildman–Crippen MR) is 88.0 cm³/mol. The summed E-state index contributed by atoms with van der Waals surface area (Å²) < 4.78 is 0. The van der Waals surface area contributed by atoms with E-state index in [1.165, 1.54) is 25.9 Å². The fourth-order valence-corrected chi connectivity index (χ4v) is 3.32. The summed E-state index contributed by atoms with van der Waals surface area (Å²) >= 11 is 18.4. The number of piperidine rings is 1. The highest BCUT2D eigenvalue weighted by atomic mass is 35.5. The van der Waals surface area contributed by atoms with Crippen molar-refractivity contribution in [3.63, 3.8) is 0 Å². The van der Waals surface area contributed by atoms with Gasteiger partial charge in [0.05, 0.1) is 10.0 Å². The Bertz CT molecular complexity index is 443. The molecule has 0 aromatic heterocycles. The van der Waals surface area contributed by atoms with Crippen LogP contribution in [0.5, 0.6) is 0 Å². The second-order valence-corrected chi connectivity index (χ2v) is 6.52. The van der Waals surface area contributed by atoms with Crippen LogP contribution >= 0.6 is 34.8 Å². The van der Waals surface area contributed by atoms with E-state index in [1.807, 2.05) is 0 Å². The molecule has 0 atom stereocenters. The third kappa shape index (κ3) is 4.25. The molecule has 0 spiro atoms. The molecular weight excluding hydrogens is 315 g/mol. The first-order valence-corrected chi connectivity index (χ1v) is 8.30. The Morgan fingerprint density at radius 1 is 1.15 bits per heavy atom. The van der Waals surface area contributed by atoms with E-state index in [-0.39, 0.29) is 0 Å². The van der Waals surface area contributed by atoms with Gasteiger partial charge in [0.15, 0.2) is 0 Å². The zero-order valence-electron chi connectivity index (χ0n) is 11.8. The summed E-state index contributed by atoms with van der Waals surface area (Å²) in [5, 5.41) is 5.26. The SMILES string of the molecule is CCN1CCC(CNCc2c(Cl)ccc(Cl)c2Cl)CC1. The molecule has 2 rings (SSSR count). The largest absolute Gasteiger partial charge is 0.312 e. The number of hydrogen-bond donors (Lipinski definition) is 1. The van der Waals surface area contributed by atoms with Gasteiger partial charge in [0.2, 0.25) is 0 Å². The lowest BCUT2D eigenvalue weighted by atomic mass is 9.97. The molecule has 20 heavy (non-hydrogen) atoms. The number of benzene rings is 1. The summed E-state index contributed by atoms with van der Waals surface area (Å²) in [7, 11) is 0. The standard InChI is InChI=1S/C15H21Cl3N2/c1-2-20-7-5-11(6-8-20)9-19-10-12-13(16)3-4-14(17)15(12)18/h3-4,11,19H,2,5-10H2,1H3. The van der Waals surface area contributed by atoms with Gasteiger partial charge in [-0.1, -0.05) is 41.7 Å². The Morgan fingerprint density at radius 3 is 2.45 bits per heavy atom. The van der Waals surface area contributed by atoms with E-state index in [9.17, 15) is 0 Å². The second kappa shape index (κ2) is 7.86. The van der Waals surface area contributed by atoms with Gasteiger partial charge < -0.3 is 10.2 Å². The summed E-state index contributed by atoms with van der Waals surface area (Å²) in [6.45, 7) is 7.49. The van der Waals surface area contributed by atoms with E-state index in [1.54, 1.807) is 12.1 Å². The van der Waals surface area contributed by atoms with Crippen molar-refractivity contribution >= 4 is 34.8 Å². The van der Waals surface area contributed by atoms with Crippen molar-refractivity contribution in [2.24, 2.45) is 5.92 Å². The quantitative estimate of drug-likeness (QED) is 0.799. The van der Waals surface area contributed by atoms with Crippen LogP contribution < -0.4 is 5.32 Å². The average molecular weight is 336 g/mol. The molecule has 0 unspecified atom stereocenters. The van der Waals surface area contributed by atoms with Crippen LogP contribution in [-0.4, -0.2) is 31.1 Å². The van der Waals surface area contributed by atoms with Crippen molar-refractivity contribution in [3.8, 4) is 0 Å². The maximum atomic E-state index is 6.19. The molecule has 1 aliphatic heterocycles. The third-order valence-electron chi connectivity index (χ3n) is 4.03. The van der Waals surface area contributed by atoms with Crippen LogP contribution in [0.25, 0.3) is 0 Å². The molecule has 1 aromatic carbocycles. The van der Waals surface area contributed by atoms with E-state index >= 15 is 0 Å². The smallest absolute Gasteiger partial charge is 0.0652 e. The Kier molecular flexibility index (Phi) is 6.44. The predicted octanol–water partition coefficient (Wildman–Crippen LogP) is 4.47. The molecule has 1 saturated heterocycles. The molecular formula is C15H21Cl3N2. The van der Waals surface area contributed by atoms with Gasteiger partial charge in [0.1, 0.15) is 0 Å². The highest BCUT2D eigenvalue weighted by Crippen LogP contribution is 2.31. The van der Waals surface area contributed by atoms with Crippen molar-refractivity contribution in [2.75, 3.05) is 26.2 Å². The molecule has 112 valence electrons. The van der Waals surface area contributed by atoms with E-state index in [0.29, 0.717) is 21.6 Å². The fraction of sp³-hybridized carbons (Fsp3) is 0.600. The molecule has 0 saturated carbocycles. The van der Waals surface area contributed by atoms with Gasteiger partial charge >= 0.3 is 0 Å². The number of nitrogens with one attached hydrogen (secondary N) is 1. The fourth-order valence-electron chi connectivity index (χ4n) is 2.64. The Hall–Kier alpha value is 0.01000. The lowest BCUT2D eigenvalue weighted by Crippen LogP contribution is -2.37. The van der Waals surface area contributed by atoms with Crippen LogP contribution in [0.15, 0.2) is 12.1 Å². The molecule has 1 heterocycles. The molecule has 0 radical (unpaired) electrons. The topological polar surface area (TPSA) is 15.3 Å². The van der Waals surface area contributed by atoms with Gasteiger partial charge in [-0.05, 0) is 57.1 Å². The van der Waals surface area contributed by atoms with Gasteiger partial charge in [-0.3, -0.25) is 0 Å². The minimum Gasteiger partial charge on any atom is -0.312 e. The molecule has 2 nitrogen and oxygen atoms in total. The minimum absolute atomic E-state index is 0.559. The van der Waals surface area contributed by atoms with Gasteiger partial charge in [-0.2, -0.15) is 0 Å². The van der Waals surface area contributed by atoms with Crippen molar-refractivity contribution in [2.45, 2.75) is 26.3 Å². The van der Waals surface area contributed by atoms with E-state index < -0.39 is 0 Å². The summed E-state index contributed by atoms with van der Waals surface area (Å²) in [6, 6.07) is 3.53. The normalized spacial score (nSPS) is 17.6. The Labute approximate surface area is 136 Å². The molecule has 0 bridgehead atoms. The molecule has 1 N–H and O–H groups in total. The Morgan fingerprint density at radius 2 is 1.80 bits per heavy atom. The number of nitrogens with zero attached hydrogens (tertiary/aromatic N) is 1. The molecule has 0 amide bonds. The molecule has 1 aliphatic rings. The molecule has 1 fully saturated rings. The van der Waals surface area contributed by atoms with Crippen molar-refractivity contribution < 1.29 is 0 Å². The lowest BCUT2D eigenvalue weighted by molar-refractivity contribution is 0.190. The van der Waals surface area contributed by atoms with Crippen LogP contribution in [0, 0.1) is 5.92 Å².